The van der Waals surface area contributed by atoms with Gasteiger partial charge in [0, 0.05) is 50.4 Å². The van der Waals surface area contributed by atoms with E-state index in [4.69, 9.17) is 17.0 Å². The predicted molar refractivity (Wildman–Crippen MR) is 138 cm³/mol. The Morgan fingerprint density at radius 3 is 2.79 bits per heavy atom. The van der Waals surface area contributed by atoms with E-state index in [1.165, 1.54) is 0 Å². The standard InChI is InChI=1S/C26H31N5O2S/c1-18-9-10-19(2)21(17-18)28-23(32)11-14-31-25(22-8-6-13-30(22)15-16-33-3)24(29-26(31)34)20-7-4-5-12-27-20/h4-10,12-13,17,24-25H,11,14-16H2,1-3H3,(H,28,32)(H,29,34)/t24-,25-/m1/s1. The fourth-order valence-electron chi connectivity index (χ4n) is 4.36. The molecule has 178 valence electrons. The van der Waals surface area contributed by atoms with Crippen molar-refractivity contribution in [2.75, 3.05) is 25.6 Å². The minimum Gasteiger partial charge on any atom is -0.383 e. The minimum absolute atomic E-state index is 0.0358. The second-order valence-electron chi connectivity index (χ2n) is 8.56. The van der Waals surface area contributed by atoms with Crippen LogP contribution in [0.5, 0.6) is 0 Å². The van der Waals surface area contributed by atoms with E-state index in [1.54, 1.807) is 13.3 Å². The van der Waals surface area contributed by atoms with Crippen LogP contribution in [0, 0.1) is 13.8 Å². The van der Waals surface area contributed by atoms with E-state index in [0.29, 0.717) is 24.7 Å². The lowest BCUT2D eigenvalue weighted by atomic mass is 10.0. The van der Waals surface area contributed by atoms with Gasteiger partial charge >= 0.3 is 0 Å². The smallest absolute Gasteiger partial charge is 0.226 e. The molecule has 1 aliphatic rings. The van der Waals surface area contributed by atoms with Crippen LogP contribution >= 0.6 is 12.2 Å². The van der Waals surface area contributed by atoms with Crippen molar-refractivity contribution in [3.63, 3.8) is 0 Å². The molecule has 2 aromatic heterocycles. The van der Waals surface area contributed by atoms with Gasteiger partial charge in [0.1, 0.15) is 0 Å². The Morgan fingerprint density at radius 2 is 2.03 bits per heavy atom. The number of nitrogens with one attached hydrogen (secondary N) is 2. The Hall–Kier alpha value is -3.23. The van der Waals surface area contributed by atoms with Gasteiger partial charge in [-0.05, 0) is 67.5 Å². The van der Waals surface area contributed by atoms with Crippen LogP contribution in [0.2, 0.25) is 0 Å². The largest absolute Gasteiger partial charge is 0.383 e. The van der Waals surface area contributed by atoms with Crippen LogP contribution in [-0.2, 0) is 16.1 Å². The second-order valence-corrected chi connectivity index (χ2v) is 8.94. The molecule has 3 aromatic rings. The van der Waals surface area contributed by atoms with Crippen LogP contribution in [-0.4, -0.2) is 45.7 Å². The molecule has 1 amide bonds. The topological polar surface area (TPSA) is 71.4 Å². The molecule has 0 radical (unpaired) electrons. The molecule has 34 heavy (non-hydrogen) atoms. The number of thiocarbonyl (C=S) groups is 1. The van der Waals surface area contributed by atoms with Gasteiger partial charge in [-0.25, -0.2) is 0 Å². The lowest BCUT2D eigenvalue weighted by Gasteiger charge is -2.28. The van der Waals surface area contributed by atoms with Crippen molar-refractivity contribution in [2.24, 2.45) is 0 Å². The van der Waals surface area contributed by atoms with E-state index in [-0.39, 0.29) is 18.0 Å². The molecular weight excluding hydrogens is 446 g/mol. The molecule has 1 aliphatic heterocycles. The zero-order valence-corrected chi connectivity index (χ0v) is 20.6. The van der Waals surface area contributed by atoms with Crippen molar-refractivity contribution in [1.82, 2.24) is 19.8 Å². The molecule has 0 unspecified atom stereocenters. The van der Waals surface area contributed by atoms with E-state index in [9.17, 15) is 4.79 Å². The summed E-state index contributed by atoms with van der Waals surface area (Å²) in [7, 11) is 1.70. The number of carbonyl (C=O) groups excluding carboxylic acids is 1. The van der Waals surface area contributed by atoms with Crippen LogP contribution in [0.25, 0.3) is 0 Å². The van der Waals surface area contributed by atoms with Crippen molar-refractivity contribution in [2.45, 2.75) is 38.9 Å². The average Bonchev–Trinajstić information content (AvgIpc) is 3.42. The number of pyridine rings is 1. The zero-order valence-electron chi connectivity index (χ0n) is 19.8. The summed E-state index contributed by atoms with van der Waals surface area (Å²) in [5.74, 6) is -0.0358. The molecule has 7 nitrogen and oxygen atoms in total. The van der Waals surface area contributed by atoms with Crippen molar-refractivity contribution in [3.8, 4) is 0 Å². The van der Waals surface area contributed by atoms with Crippen LogP contribution in [0.3, 0.4) is 0 Å². The van der Waals surface area contributed by atoms with Gasteiger partial charge in [0.25, 0.3) is 0 Å². The van der Waals surface area contributed by atoms with Gasteiger partial charge in [0.05, 0.1) is 24.4 Å². The molecule has 0 saturated carbocycles. The van der Waals surface area contributed by atoms with Gasteiger partial charge in [-0.2, -0.15) is 0 Å². The third-order valence-electron chi connectivity index (χ3n) is 6.15. The van der Waals surface area contributed by atoms with Crippen molar-refractivity contribution in [1.29, 1.82) is 0 Å². The molecule has 2 N–H and O–H groups in total. The molecule has 0 aliphatic carbocycles. The maximum Gasteiger partial charge on any atom is 0.226 e. The Labute approximate surface area is 206 Å². The lowest BCUT2D eigenvalue weighted by molar-refractivity contribution is -0.116. The quantitative estimate of drug-likeness (QED) is 0.451. The molecule has 1 saturated heterocycles. The van der Waals surface area contributed by atoms with Crippen LogP contribution in [0.1, 0.15) is 41.0 Å². The van der Waals surface area contributed by atoms with Gasteiger partial charge < -0.3 is 24.8 Å². The molecule has 1 aromatic carbocycles. The summed E-state index contributed by atoms with van der Waals surface area (Å²) >= 11 is 5.74. The summed E-state index contributed by atoms with van der Waals surface area (Å²) in [5.41, 5.74) is 5.03. The van der Waals surface area contributed by atoms with Gasteiger partial charge in [0.15, 0.2) is 5.11 Å². The number of anilines is 1. The van der Waals surface area contributed by atoms with Gasteiger partial charge in [0.2, 0.25) is 5.91 Å². The number of aryl methyl sites for hydroxylation is 2. The predicted octanol–water partition coefficient (Wildman–Crippen LogP) is 4.15. The highest BCUT2D eigenvalue weighted by Gasteiger charge is 2.41. The van der Waals surface area contributed by atoms with Crippen molar-refractivity contribution >= 4 is 28.9 Å². The molecule has 8 heteroatoms. The van der Waals surface area contributed by atoms with Crippen LogP contribution in [0.4, 0.5) is 5.69 Å². The van der Waals surface area contributed by atoms with Crippen molar-refractivity contribution in [3.05, 3.63) is 83.4 Å². The number of benzene rings is 1. The normalized spacial score (nSPS) is 17.6. The first-order valence-corrected chi connectivity index (χ1v) is 11.9. The maximum atomic E-state index is 12.9. The molecule has 4 rings (SSSR count). The minimum atomic E-state index is -0.119. The first-order valence-electron chi connectivity index (χ1n) is 11.5. The number of nitrogens with zero attached hydrogens (tertiary/aromatic N) is 3. The summed E-state index contributed by atoms with van der Waals surface area (Å²) in [6.07, 6.45) is 4.16. The Morgan fingerprint density at radius 1 is 1.18 bits per heavy atom. The van der Waals surface area contributed by atoms with Crippen molar-refractivity contribution < 1.29 is 9.53 Å². The number of methoxy groups -OCH3 is 1. The first kappa shape index (κ1) is 23.9. The highest BCUT2D eigenvalue weighted by Crippen LogP contribution is 2.38. The van der Waals surface area contributed by atoms with Gasteiger partial charge in [-0.3, -0.25) is 9.78 Å². The van der Waals surface area contributed by atoms with Gasteiger partial charge in [-0.15, -0.1) is 0 Å². The summed E-state index contributed by atoms with van der Waals surface area (Å²) in [6, 6.07) is 15.9. The summed E-state index contributed by atoms with van der Waals surface area (Å²) in [6.45, 7) is 5.85. The highest BCUT2D eigenvalue weighted by atomic mass is 32.1. The van der Waals surface area contributed by atoms with E-state index >= 15 is 0 Å². The number of hydrogen-bond donors (Lipinski definition) is 2. The molecule has 1 fully saturated rings. The number of amides is 1. The Bertz CT molecular complexity index is 1150. The van der Waals surface area contributed by atoms with Gasteiger partial charge in [-0.1, -0.05) is 18.2 Å². The Balaban J connectivity index is 1.56. The average molecular weight is 478 g/mol. The van der Waals surface area contributed by atoms with E-state index in [1.807, 2.05) is 56.3 Å². The molecule has 0 spiro atoms. The van der Waals surface area contributed by atoms with E-state index in [2.05, 4.69) is 37.3 Å². The van der Waals surface area contributed by atoms with Crippen LogP contribution in [0.15, 0.2) is 60.9 Å². The third-order valence-corrected chi connectivity index (χ3v) is 6.50. The zero-order chi connectivity index (χ0) is 24.1. The van der Waals surface area contributed by atoms with Crippen LogP contribution < -0.4 is 10.6 Å². The second kappa shape index (κ2) is 10.8. The fourth-order valence-corrected chi connectivity index (χ4v) is 4.69. The fraction of sp³-hybridized carbons (Fsp3) is 0.346. The maximum absolute atomic E-state index is 12.9. The summed E-state index contributed by atoms with van der Waals surface area (Å²) < 4.78 is 7.49. The number of rotatable bonds is 9. The molecular formula is C26H31N5O2S. The lowest BCUT2D eigenvalue weighted by Crippen LogP contribution is -2.33. The first-order chi connectivity index (χ1) is 16.5. The molecule has 3 heterocycles. The Kier molecular flexibility index (Phi) is 7.59. The number of carbonyl (C=O) groups is 1. The van der Waals surface area contributed by atoms with E-state index < -0.39 is 0 Å². The number of hydrogen-bond acceptors (Lipinski definition) is 4. The SMILES string of the molecule is COCCn1cccc1[C@@H]1[C@@H](c2ccccn2)NC(=S)N1CCC(=O)Nc1cc(C)ccc1C. The monoisotopic (exact) mass is 477 g/mol. The third kappa shape index (κ3) is 5.29. The number of ether oxygens (including phenoxy) is 1. The van der Waals surface area contributed by atoms with E-state index in [0.717, 1.165) is 34.7 Å². The summed E-state index contributed by atoms with van der Waals surface area (Å²) in [4.78, 5) is 19.6. The molecule has 2 atom stereocenters. The number of aromatic nitrogens is 2. The molecule has 0 bridgehead atoms. The summed E-state index contributed by atoms with van der Waals surface area (Å²) in [5, 5.41) is 7.13. The highest BCUT2D eigenvalue weighted by molar-refractivity contribution is 7.80.